The molecule has 0 amide bonds. The minimum absolute atomic E-state index is 0.358. The molecule has 0 aromatic heterocycles. The van der Waals surface area contributed by atoms with Gasteiger partial charge in [-0.05, 0) is 30.0 Å². The van der Waals surface area contributed by atoms with Crippen molar-refractivity contribution >= 4 is 0 Å². The summed E-state index contributed by atoms with van der Waals surface area (Å²) in [6.45, 7) is 7.89. The van der Waals surface area contributed by atoms with Crippen molar-refractivity contribution in [3.63, 3.8) is 0 Å². The lowest BCUT2D eigenvalue weighted by molar-refractivity contribution is 0.465. The van der Waals surface area contributed by atoms with Gasteiger partial charge in [-0.15, -0.1) is 0 Å². The summed E-state index contributed by atoms with van der Waals surface area (Å²) in [5, 5.41) is 9.38. The minimum Gasteiger partial charge on any atom is -0.508 e. The van der Waals surface area contributed by atoms with Crippen LogP contribution in [0.4, 0.5) is 0 Å². The van der Waals surface area contributed by atoms with Crippen molar-refractivity contribution in [2.75, 3.05) is 0 Å². The Bertz CT molecular complexity index is 251. The van der Waals surface area contributed by atoms with E-state index in [9.17, 15) is 5.11 Å². The Morgan fingerprint density at radius 1 is 1.36 bits per heavy atom. The first-order valence-electron chi connectivity index (χ1n) is 3.76. The summed E-state index contributed by atoms with van der Waals surface area (Å²) < 4.78 is 0. The van der Waals surface area contributed by atoms with Crippen molar-refractivity contribution in [2.24, 2.45) is 0 Å². The highest BCUT2D eigenvalue weighted by Crippen LogP contribution is 2.25. The number of aromatic hydroxyl groups is 1. The average molecular weight is 149 g/mol. The van der Waals surface area contributed by atoms with Gasteiger partial charge in [0.25, 0.3) is 0 Å². The average Bonchev–Trinajstić information content (AvgIpc) is 1.94. The number of phenolic OH excluding ortho intramolecular Hbond substituents is 1. The second kappa shape index (κ2) is 2.95. The van der Waals surface area contributed by atoms with Crippen molar-refractivity contribution in [1.29, 1.82) is 0 Å². The molecule has 0 spiro atoms. The number of rotatable bonds is 1. The number of hydrogen-bond donors (Lipinski definition) is 1. The zero-order valence-corrected chi connectivity index (χ0v) is 6.96. The van der Waals surface area contributed by atoms with Gasteiger partial charge in [0.15, 0.2) is 0 Å². The topological polar surface area (TPSA) is 20.2 Å². The molecular formula is C10H13O. The summed E-state index contributed by atoms with van der Waals surface area (Å²) in [5.41, 5.74) is 1.92. The third-order valence-electron chi connectivity index (χ3n) is 1.71. The van der Waals surface area contributed by atoms with Gasteiger partial charge in [-0.1, -0.05) is 26.0 Å². The van der Waals surface area contributed by atoms with Gasteiger partial charge in [0.05, 0.1) is 0 Å². The fourth-order valence-corrected chi connectivity index (χ4v) is 1.07. The highest BCUT2D eigenvalue weighted by molar-refractivity contribution is 5.38. The standard InChI is InChI=1S/C10H13O/c1-7(2)9-6-8(3)4-5-10(9)11/h4-7,11H,3H2,1-2H3. The molecule has 0 atom stereocenters. The van der Waals surface area contributed by atoms with Gasteiger partial charge in [-0.3, -0.25) is 0 Å². The van der Waals surface area contributed by atoms with E-state index in [1.165, 1.54) is 0 Å². The van der Waals surface area contributed by atoms with E-state index in [0.717, 1.165) is 11.1 Å². The maximum absolute atomic E-state index is 9.38. The lowest BCUT2D eigenvalue weighted by atomic mass is 10.0. The summed E-state index contributed by atoms with van der Waals surface area (Å²) in [4.78, 5) is 0. The van der Waals surface area contributed by atoms with Crippen LogP contribution in [0.2, 0.25) is 0 Å². The highest BCUT2D eigenvalue weighted by atomic mass is 16.3. The van der Waals surface area contributed by atoms with E-state index in [0.29, 0.717) is 11.7 Å². The van der Waals surface area contributed by atoms with Gasteiger partial charge in [0.1, 0.15) is 5.75 Å². The Labute approximate surface area is 67.7 Å². The summed E-state index contributed by atoms with van der Waals surface area (Å²) >= 11 is 0. The number of benzene rings is 1. The molecule has 0 aliphatic heterocycles. The van der Waals surface area contributed by atoms with E-state index >= 15 is 0 Å². The highest BCUT2D eigenvalue weighted by Gasteiger charge is 2.04. The molecule has 0 bridgehead atoms. The number of hydrogen-bond acceptors (Lipinski definition) is 1. The smallest absolute Gasteiger partial charge is 0.119 e. The monoisotopic (exact) mass is 149 g/mol. The maximum atomic E-state index is 9.38. The van der Waals surface area contributed by atoms with E-state index in [2.05, 4.69) is 20.8 Å². The molecule has 0 saturated carbocycles. The molecule has 59 valence electrons. The molecule has 1 nitrogen and oxygen atoms in total. The second-order valence-electron chi connectivity index (χ2n) is 3.05. The van der Waals surface area contributed by atoms with Crippen molar-refractivity contribution < 1.29 is 5.11 Å². The van der Waals surface area contributed by atoms with Crippen molar-refractivity contribution in [1.82, 2.24) is 0 Å². The van der Waals surface area contributed by atoms with Crippen LogP contribution in [0.15, 0.2) is 18.2 Å². The van der Waals surface area contributed by atoms with E-state index in [-0.39, 0.29) is 0 Å². The third kappa shape index (κ3) is 1.73. The van der Waals surface area contributed by atoms with Gasteiger partial charge in [-0.25, -0.2) is 0 Å². The zero-order chi connectivity index (χ0) is 8.43. The lowest BCUT2D eigenvalue weighted by Gasteiger charge is -2.08. The van der Waals surface area contributed by atoms with Crippen LogP contribution < -0.4 is 0 Å². The summed E-state index contributed by atoms with van der Waals surface area (Å²) in [7, 11) is 0. The molecule has 0 fully saturated rings. The first-order valence-corrected chi connectivity index (χ1v) is 3.76. The second-order valence-corrected chi connectivity index (χ2v) is 3.05. The summed E-state index contributed by atoms with van der Waals surface area (Å²) in [6.07, 6.45) is 0. The molecule has 0 saturated heterocycles. The van der Waals surface area contributed by atoms with Crippen molar-refractivity contribution in [3.05, 3.63) is 36.2 Å². The molecule has 0 aliphatic carbocycles. The molecule has 1 radical (unpaired) electrons. The molecule has 11 heavy (non-hydrogen) atoms. The summed E-state index contributed by atoms with van der Waals surface area (Å²) in [5.74, 6) is 0.726. The van der Waals surface area contributed by atoms with Crippen LogP contribution in [0.5, 0.6) is 5.75 Å². The molecule has 1 N–H and O–H groups in total. The van der Waals surface area contributed by atoms with Crippen LogP contribution in [0.25, 0.3) is 0 Å². The van der Waals surface area contributed by atoms with Crippen molar-refractivity contribution in [2.45, 2.75) is 19.8 Å². The Kier molecular flexibility index (Phi) is 2.18. The van der Waals surface area contributed by atoms with E-state index in [4.69, 9.17) is 0 Å². The maximum Gasteiger partial charge on any atom is 0.119 e. The molecule has 1 rings (SSSR count). The largest absolute Gasteiger partial charge is 0.508 e. The van der Waals surface area contributed by atoms with E-state index in [1.807, 2.05) is 6.07 Å². The van der Waals surface area contributed by atoms with Crippen LogP contribution >= 0.6 is 0 Å². The van der Waals surface area contributed by atoms with Crippen molar-refractivity contribution in [3.8, 4) is 5.75 Å². The molecule has 1 aromatic rings. The lowest BCUT2D eigenvalue weighted by Crippen LogP contribution is -1.88. The van der Waals surface area contributed by atoms with Crippen LogP contribution in [0.1, 0.15) is 30.9 Å². The fraction of sp³-hybridized carbons (Fsp3) is 0.300. The predicted octanol–water partition coefficient (Wildman–Crippen LogP) is 2.70. The Balaban J connectivity index is 3.13. The van der Waals surface area contributed by atoms with Gasteiger partial charge >= 0.3 is 0 Å². The SMILES string of the molecule is [CH2]c1ccc(O)c(C(C)C)c1. The third-order valence-corrected chi connectivity index (χ3v) is 1.71. The first-order chi connectivity index (χ1) is 5.11. The molecule has 0 heterocycles. The van der Waals surface area contributed by atoms with Gasteiger partial charge in [0.2, 0.25) is 0 Å². The zero-order valence-electron chi connectivity index (χ0n) is 6.96. The van der Waals surface area contributed by atoms with E-state index < -0.39 is 0 Å². The number of phenols is 1. The predicted molar refractivity (Wildman–Crippen MR) is 46.7 cm³/mol. The minimum atomic E-state index is 0.358. The first kappa shape index (κ1) is 8.12. The van der Waals surface area contributed by atoms with Crippen LogP contribution in [-0.4, -0.2) is 5.11 Å². The molecular weight excluding hydrogens is 136 g/mol. The molecule has 1 heteroatoms. The van der Waals surface area contributed by atoms with Gasteiger partial charge in [-0.2, -0.15) is 0 Å². The quantitative estimate of drug-likeness (QED) is 0.651. The fourth-order valence-electron chi connectivity index (χ4n) is 1.07. The molecule has 1 aromatic carbocycles. The molecule has 0 unspecified atom stereocenters. The van der Waals surface area contributed by atoms with Gasteiger partial charge < -0.3 is 5.11 Å². The Morgan fingerprint density at radius 3 is 2.45 bits per heavy atom. The van der Waals surface area contributed by atoms with E-state index in [1.54, 1.807) is 12.1 Å². The van der Waals surface area contributed by atoms with Crippen LogP contribution in [0.3, 0.4) is 0 Å². The normalized spacial score (nSPS) is 10.5. The van der Waals surface area contributed by atoms with Gasteiger partial charge in [0, 0.05) is 0 Å². The Hall–Kier alpha value is -0.980. The van der Waals surface area contributed by atoms with Crippen LogP contribution in [0, 0.1) is 6.92 Å². The molecule has 0 aliphatic rings. The summed E-state index contributed by atoms with van der Waals surface area (Å²) in [6, 6.07) is 5.42. The Morgan fingerprint density at radius 2 is 2.00 bits per heavy atom. The van der Waals surface area contributed by atoms with Crippen LogP contribution in [-0.2, 0) is 0 Å².